The predicted molar refractivity (Wildman–Crippen MR) is 143 cm³/mol. The molecule has 1 aliphatic heterocycles. The summed E-state index contributed by atoms with van der Waals surface area (Å²) in [5.74, 6) is -3.81. The predicted octanol–water partition coefficient (Wildman–Crippen LogP) is 5.02. The number of para-hydroxylation sites is 1. The molecule has 0 bridgehead atoms. The molecule has 2 amide bonds. The number of aromatic hydroxyl groups is 1. The van der Waals surface area contributed by atoms with Gasteiger partial charge in [0.1, 0.15) is 0 Å². The number of carbonyl (C=O) groups is 4. The molecule has 4 unspecified atom stereocenters. The lowest BCUT2D eigenvalue weighted by Crippen LogP contribution is -2.39. The second-order valence-corrected chi connectivity index (χ2v) is 11.1. The maximum Gasteiger partial charge on any atom is 0.238 e. The average molecular weight is 595 g/mol. The molecule has 38 heavy (non-hydrogen) atoms. The van der Waals surface area contributed by atoms with Gasteiger partial charge in [0.2, 0.25) is 11.8 Å². The fraction of sp³-hybridized carbons (Fsp3) is 0.241. The van der Waals surface area contributed by atoms with Crippen molar-refractivity contribution in [2.24, 2.45) is 17.8 Å². The summed E-state index contributed by atoms with van der Waals surface area (Å²) in [6.45, 7) is 0. The highest BCUT2D eigenvalue weighted by molar-refractivity contribution is 9.12. The lowest BCUT2D eigenvalue weighted by Gasteiger charge is -2.42. The third-order valence-electron chi connectivity index (χ3n) is 7.98. The number of hydrogen-bond acceptors (Lipinski definition) is 6. The van der Waals surface area contributed by atoms with E-state index in [0.29, 0.717) is 28.3 Å². The van der Waals surface area contributed by atoms with E-state index in [1.807, 2.05) is 6.08 Å². The fourth-order valence-corrected chi connectivity index (χ4v) is 6.92. The van der Waals surface area contributed by atoms with Crippen LogP contribution >= 0.6 is 27.5 Å². The second kappa shape index (κ2) is 9.06. The number of hydrogen-bond donors (Lipinski definition) is 1. The number of amides is 2. The normalized spacial score (nSPS) is 26.6. The number of ether oxygens (including phenoxy) is 1. The number of carbonyl (C=O) groups excluding carboxylic acids is 4. The van der Waals surface area contributed by atoms with Crippen LogP contribution in [0.15, 0.2) is 75.8 Å². The van der Waals surface area contributed by atoms with E-state index in [0.717, 1.165) is 5.57 Å². The van der Waals surface area contributed by atoms with Crippen LogP contribution in [0.4, 0.5) is 5.69 Å². The lowest BCUT2D eigenvalue weighted by molar-refractivity contribution is -0.123. The van der Waals surface area contributed by atoms with E-state index in [9.17, 15) is 24.3 Å². The molecule has 0 aromatic heterocycles. The number of nitrogens with zero attached hydrogens (tertiary/aromatic N) is 1. The first-order valence-electron chi connectivity index (χ1n) is 12.1. The molecular weight excluding hydrogens is 574 g/mol. The van der Waals surface area contributed by atoms with E-state index in [1.165, 1.54) is 18.1 Å². The van der Waals surface area contributed by atoms with Gasteiger partial charge in [0, 0.05) is 33.7 Å². The van der Waals surface area contributed by atoms with Gasteiger partial charge in [-0.3, -0.25) is 24.1 Å². The molecule has 9 heteroatoms. The van der Waals surface area contributed by atoms with Crippen molar-refractivity contribution >= 4 is 56.6 Å². The van der Waals surface area contributed by atoms with E-state index in [-0.39, 0.29) is 51.4 Å². The quantitative estimate of drug-likeness (QED) is 0.304. The highest BCUT2D eigenvalue weighted by Crippen LogP contribution is 2.57. The van der Waals surface area contributed by atoms with Crippen LogP contribution in [-0.2, 0) is 19.2 Å². The van der Waals surface area contributed by atoms with Gasteiger partial charge in [0.05, 0.1) is 29.1 Å². The van der Waals surface area contributed by atoms with Crippen molar-refractivity contribution in [1.82, 2.24) is 0 Å². The zero-order chi connectivity index (χ0) is 26.9. The van der Waals surface area contributed by atoms with Crippen molar-refractivity contribution in [3.05, 3.63) is 86.4 Å². The number of benzene rings is 2. The fourth-order valence-electron chi connectivity index (χ4n) is 6.34. The summed E-state index contributed by atoms with van der Waals surface area (Å²) in [5.41, 5.74) is 2.18. The van der Waals surface area contributed by atoms with E-state index in [2.05, 4.69) is 15.9 Å². The minimum atomic E-state index is -0.763. The first kappa shape index (κ1) is 24.8. The van der Waals surface area contributed by atoms with Gasteiger partial charge in [-0.05, 0) is 65.0 Å². The Morgan fingerprint density at radius 2 is 1.76 bits per heavy atom. The molecular formula is C29H21BrClNO6. The molecule has 1 saturated heterocycles. The van der Waals surface area contributed by atoms with Crippen LogP contribution < -0.4 is 9.64 Å². The van der Waals surface area contributed by atoms with Crippen molar-refractivity contribution in [2.75, 3.05) is 12.0 Å². The summed E-state index contributed by atoms with van der Waals surface area (Å²) in [5, 5.41) is 11.6. The van der Waals surface area contributed by atoms with E-state index >= 15 is 0 Å². The van der Waals surface area contributed by atoms with Crippen molar-refractivity contribution < 1.29 is 29.0 Å². The van der Waals surface area contributed by atoms with Gasteiger partial charge in [-0.25, -0.2) is 0 Å². The van der Waals surface area contributed by atoms with E-state index < -0.39 is 23.7 Å². The number of phenols is 1. The van der Waals surface area contributed by atoms with E-state index in [1.54, 1.807) is 42.5 Å². The topological polar surface area (TPSA) is 101 Å². The standard InChI is InChI=1S/C29H21BrClNO6/c1-38-22-4-2-3-16(27(22)35)23-15-9-10-17-24(18(15)11-19-25(23)21(33)12-20(30)26(19)34)29(37)32(28(17)36)14-7-5-13(31)6-8-14/h2-9,12,17-18,23-24,35H,10-11H2,1H3. The SMILES string of the molecule is COc1cccc(C2C3=CCC4C(=O)N(c5ccc(Cl)cc5)C(=O)C4C3CC3=C2C(=O)C=C(Br)C3=O)c1O. The summed E-state index contributed by atoms with van der Waals surface area (Å²) in [7, 11) is 1.43. The summed E-state index contributed by atoms with van der Waals surface area (Å²) < 4.78 is 5.46. The largest absolute Gasteiger partial charge is 0.504 e. The smallest absolute Gasteiger partial charge is 0.238 e. The number of ketones is 2. The molecule has 2 aromatic carbocycles. The molecule has 1 fully saturated rings. The molecule has 192 valence electrons. The Hall–Kier alpha value is -3.49. The number of imide groups is 1. The van der Waals surface area contributed by atoms with Crippen molar-refractivity contribution in [3.63, 3.8) is 0 Å². The first-order valence-corrected chi connectivity index (χ1v) is 13.3. The molecule has 7 nitrogen and oxygen atoms in total. The Kier molecular flexibility index (Phi) is 5.92. The van der Waals surface area contributed by atoms with Crippen LogP contribution in [0.3, 0.4) is 0 Å². The molecule has 0 saturated carbocycles. The molecule has 0 radical (unpaired) electrons. The highest BCUT2D eigenvalue weighted by Gasteiger charge is 2.57. The number of phenolic OH excluding ortho intramolecular Hbond substituents is 1. The maximum atomic E-state index is 13.9. The van der Waals surface area contributed by atoms with Crippen LogP contribution in [0.1, 0.15) is 24.3 Å². The molecule has 1 N–H and O–H groups in total. The van der Waals surface area contributed by atoms with Crippen LogP contribution in [0, 0.1) is 17.8 Å². The number of Topliss-reactive ketones (excluding diaryl/α,β-unsaturated/α-hetero) is 1. The van der Waals surface area contributed by atoms with Crippen LogP contribution in [-0.4, -0.2) is 35.6 Å². The summed E-state index contributed by atoms with van der Waals surface area (Å²) in [4.78, 5) is 55.2. The average Bonchev–Trinajstić information content (AvgIpc) is 3.16. The third kappa shape index (κ3) is 3.54. The minimum Gasteiger partial charge on any atom is -0.504 e. The number of methoxy groups -OCH3 is 1. The maximum absolute atomic E-state index is 13.9. The number of halogens is 2. The Morgan fingerprint density at radius 3 is 2.47 bits per heavy atom. The molecule has 4 aliphatic rings. The third-order valence-corrected chi connectivity index (χ3v) is 8.82. The van der Waals surface area contributed by atoms with Crippen LogP contribution in [0.2, 0.25) is 5.02 Å². The number of allylic oxidation sites excluding steroid dienone is 6. The van der Waals surface area contributed by atoms with Gasteiger partial charge in [-0.1, -0.05) is 35.4 Å². The highest BCUT2D eigenvalue weighted by atomic mass is 79.9. The molecule has 2 aromatic rings. The Morgan fingerprint density at radius 1 is 1.03 bits per heavy atom. The molecule has 0 spiro atoms. The van der Waals surface area contributed by atoms with Gasteiger partial charge >= 0.3 is 0 Å². The second-order valence-electron chi connectivity index (χ2n) is 9.78. The van der Waals surface area contributed by atoms with Gasteiger partial charge in [0.15, 0.2) is 23.1 Å². The van der Waals surface area contributed by atoms with Crippen molar-refractivity contribution in [1.29, 1.82) is 0 Å². The molecule has 3 aliphatic carbocycles. The summed E-state index contributed by atoms with van der Waals surface area (Å²) in [6.07, 6.45) is 3.60. The van der Waals surface area contributed by atoms with Gasteiger partial charge in [0.25, 0.3) is 0 Å². The van der Waals surface area contributed by atoms with Crippen molar-refractivity contribution in [3.8, 4) is 11.5 Å². The van der Waals surface area contributed by atoms with Crippen LogP contribution in [0.5, 0.6) is 11.5 Å². The lowest BCUT2D eigenvalue weighted by atomic mass is 9.59. The van der Waals surface area contributed by atoms with E-state index in [4.69, 9.17) is 16.3 Å². The van der Waals surface area contributed by atoms with Crippen molar-refractivity contribution in [2.45, 2.75) is 18.8 Å². The number of rotatable bonds is 3. The molecule has 1 heterocycles. The monoisotopic (exact) mass is 593 g/mol. The summed E-state index contributed by atoms with van der Waals surface area (Å²) >= 11 is 9.23. The Balaban J connectivity index is 1.51. The Labute approximate surface area is 231 Å². The number of fused-ring (bicyclic) bond motifs is 3. The van der Waals surface area contributed by atoms with Gasteiger partial charge < -0.3 is 9.84 Å². The van der Waals surface area contributed by atoms with Crippen LogP contribution in [0.25, 0.3) is 0 Å². The summed E-state index contributed by atoms with van der Waals surface area (Å²) in [6, 6.07) is 11.5. The first-order chi connectivity index (χ1) is 18.2. The van der Waals surface area contributed by atoms with Gasteiger partial charge in [-0.15, -0.1) is 0 Å². The zero-order valence-electron chi connectivity index (χ0n) is 20.1. The molecule has 6 rings (SSSR count). The van der Waals surface area contributed by atoms with Gasteiger partial charge in [-0.2, -0.15) is 0 Å². The zero-order valence-corrected chi connectivity index (χ0v) is 22.5. The Bertz CT molecular complexity index is 1540. The minimum absolute atomic E-state index is 0.138. The molecule has 4 atom stereocenters. The number of anilines is 1.